The Morgan fingerprint density at radius 3 is 2.86 bits per heavy atom. The SMILES string of the molecule is C1=C(c2ccccc2)CC(CCCCn2cccn2)NC1. The van der Waals surface area contributed by atoms with E-state index >= 15 is 0 Å². The van der Waals surface area contributed by atoms with Gasteiger partial charge in [0.25, 0.3) is 0 Å². The number of hydrogen-bond acceptors (Lipinski definition) is 2. The number of nitrogens with one attached hydrogen (secondary N) is 1. The van der Waals surface area contributed by atoms with Gasteiger partial charge in [-0.1, -0.05) is 42.8 Å². The van der Waals surface area contributed by atoms with Crippen molar-refractivity contribution in [3.63, 3.8) is 0 Å². The van der Waals surface area contributed by atoms with Gasteiger partial charge in [0.2, 0.25) is 0 Å². The lowest BCUT2D eigenvalue weighted by atomic mass is 9.93. The van der Waals surface area contributed by atoms with E-state index in [0.717, 1.165) is 19.5 Å². The summed E-state index contributed by atoms with van der Waals surface area (Å²) in [7, 11) is 0. The van der Waals surface area contributed by atoms with Crippen LogP contribution in [0.1, 0.15) is 31.2 Å². The third kappa shape index (κ3) is 4.05. The van der Waals surface area contributed by atoms with Gasteiger partial charge in [-0.05, 0) is 36.5 Å². The van der Waals surface area contributed by atoms with E-state index in [1.54, 1.807) is 0 Å². The minimum absolute atomic E-state index is 0.614. The van der Waals surface area contributed by atoms with E-state index in [9.17, 15) is 0 Å². The second-order valence-corrected chi connectivity index (χ2v) is 5.67. The largest absolute Gasteiger partial charge is 0.310 e. The van der Waals surface area contributed by atoms with Gasteiger partial charge in [0.15, 0.2) is 0 Å². The van der Waals surface area contributed by atoms with Crippen molar-refractivity contribution in [1.82, 2.24) is 15.1 Å². The average Bonchev–Trinajstić information content (AvgIpc) is 3.06. The van der Waals surface area contributed by atoms with Crippen molar-refractivity contribution >= 4 is 5.57 Å². The van der Waals surface area contributed by atoms with Crippen LogP contribution in [0.2, 0.25) is 0 Å². The molecule has 1 unspecified atom stereocenters. The molecule has 1 aromatic carbocycles. The highest BCUT2D eigenvalue weighted by atomic mass is 15.3. The van der Waals surface area contributed by atoms with Gasteiger partial charge in [-0.15, -0.1) is 0 Å². The van der Waals surface area contributed by atoms with Gasteiger partial charge in [0, 0.05) is 31.5 Å². The van der Waals surface area contributed by atoms with Gasteiger partial charge in [0.1, 0.15) is 0 Å². The number of rotatable bonds is 6. The average molecular weight is 281 g/mol. The molecule has 2 heterocycles. The van der Waals surface area contributed by atoms with Gasteiger partial charge in [-0.2, -0.15) is 5.10 Å². The van der Waals surface area contributed by atoms with E-state index in [1.165, 1.54) is 30.4 Å². The summed E-state index contributed by atoms with van der Waals surface area (Å²) in [6.07, 6.45) is 11.0. The molecule has 0 radical (unpaired) electrons. The molecule has 0 saturated heterocycles. The van der Waals surface area contributed by atoms with E-state index in [1.807, 2.05) is 23.1 Å². The molecule has 1 aliphatic heterocycles. The van der Waals surface area contributed by atoms with Crippen molar-refractivity contribution in [1.29, 1.82) is 0 Å². The number of nitrogens with zero attached hydrogens (tertiary/aromatic N) is 2. The Morgan fingerprint density at radius 2 is 2.05 bits per heavy atom. The highest BCUT2D eigenvalue weighted by Gasteiger charge is 2.15. The molecule has 1 N–H and O–H groups in total. The molecule has 2 aromatic rings. The Labute approximate surface area is 126 Å². The lowest BCUT2D eigenvalue weighted by Crippen LogP contribution is -2.32. The predicted molar refractivity (Wildman–Crippen MR) is 86.9 cm³/mol. The Bertz CT molecular complexity index is 557. The minimum Gasteiger partial charge on any atom is -0.310 e. The highest BCUT2D eigenvalue weighted by Crippen LogP contribution is 2.24. The Balaban J connectivity index is 1.44. The van der Waals surface area contributed by atoms with Crippen molar-refractivity contribution in [2.45, 2.75) is 38.3 Å². The second-order valence-electron chi connectivity index (χ2n) is 5.67. The lowest BCUT2D eigenvalue weighted by Gasteiger charge is -2.24. The van der Waals surface area contributed by atoms with Crippen molar-refractivity contribution in [2.24, 2.45) is 0 Å². The first kappa shape index (κ1) is 14.1. The molecule has 21 heavy (non-hydrogen) atoms. The molecular formula is C18H23N3. The summed E-state index contributed by atoms with van der Waals surface area (Å²) in [6, 6.07) is 13.4. The summed E-state index contributed by atoms with van der Waals surface area (Å²) >= 11 is 0. The zero-order valence-corrected chi connectivity index (χ0v) is 12.4. The number of aromatic nitrogens is 2. The third-order valence-corrected chi connectivity index (χ3v) is 4.11. The van der Waals surface area contributed by atoms with Gasteiger partial charge < -0.3 is 5.32 Å². The van der Waals surface area contributed by atoms with Gasteiger partial charge >= 0.3 is 0 Å². The lowest BCUT2D eigenvalue weighted by molar-refractivity contribution is 0.456. The van der Waals surface area contributed by atoms with Crippen LogP contribution in [0, 0.1) is 0 Å². The molecule has 1 atom stereocenters. The maximum Gasteiger partial charge on any atom is 0.0489 e. The van der Waals surface area contributed by atoms with Crippen molar-refractivity contribution in [2.75, 3.05) is 6.54 Å². The van der Waals surface area contributed by atoms with Crippen LogP contribution in [-0.4, -0.2) is 22.4 Å². The van der Waals surface area contributed by atoms with Crippen LogP contribution in [0.4, 0.5) is 0 Å². The van der Waals surface area contributed by atoms with Crippen LogP contribution in [-0.2, 0) is 6.54 Å². The van der Waals surface area contributed by atoms with Crippen molar-refractivity contribution in [3.05, 3.63) is 60.4 Å². The quantitative estimate of drug-likeness (QED) is 0.821. The summed E-state index contributed by atoms with van der Waals surface area (Å²) in [5.74, 6) is 0. The molecule has 0 saturated carbocycles. The van der Waals surface area contributed by atoms with Crippen LogP contribution >= 0.6 is 0 Å². The molecule has 0 spiro atoms. The maximum absolute atomic E-state index is 4.24. The van der Waals surface area contributed by atoms with Crippen LogP contribution in [0.15, 0.2) is 54.9 Å². The molecule has 1 aromatic heterocycles. The standard InChI is InChI=1S/C18H23N3/c1-2-7-16(8-3-1)17-10-12-19-18(15-17)9-4-5-13-21-14-6-11-20-21/h1-3,6-8,10-11,14,18-19H,4-5,9,12-13,15H2. The van der Waals surface area contributed by atoms with E-state index < -0.39 is 0 Å². The summed E-state index contributed by atoms with van der Waals surface area (Å²) in [5, 5.41) is 7.86. The van der Waals surface area contributed by atoms with Crippen molar-refractivity contribution < 1.29 is 0 Å². The van der Waals surface area contributed by atoms with E-state index in [4.69, 9.17) is 0 Å². The molecule has 3 heteroatoms. The normalized spacial score (nSPS) is 18.5. The summed E-state index contributed by atoms with van der Waals surface area (Å²) in [6.45, 7) is 2.02. The summed E-state index contributed by atoms with van der Waals surface area (Å²) in [5.41, 5.74) is 2.87. The first-order chi connectivity index (χ1) is 10.4. The van der Waals surface area contributed by atoms with Crippen LogP contribution in [0.5, 0.6) is 0 Å². The van der Waals surface area contributed by atoms with Crippen molar-refractivity contribution in [3.8, 4) is 0 Å². The third-order valence-electron chi connectivity index (χ3n) is 4.11. The zero-order valence-electron chi connectivity index (χ0n) is 12.4. The molecule has 0 bridgehead atoms. The Kier molecular flexibility index (Phi) is 4.85. The van der Waals surface area contributed by atoms with Gasteiger partial charge in [-0.3, -0.25) is 4.68 Å². The fourth-order valence-corrected chi connectivity index (χ4v) is 2.96. The van der Waals surface area contributed by atoms with Gasteiger partial charge in [-0.25, -0.2) is 0 Å². The molecule has 3 rings (SSSR count). The van der Waals surface area contributed by atoms with Crippen LogP contribution in [0.25, 0.3) is 5.57 Å². The topological polar surface area (TPSA) is 29.9 Å². The summed E-state index contributed by atoms with van der Waals surface area (Å²) < 4.78 is 2.02. The molecule has 110 valence electrons. The number of unbranched alkanes of at least 4 members (excludes halogenated alkanes) is 1. The van der Waals surface area contributed by atoms with E-state index in [2.05, 4.69) is 46.8 Å². The van der Waals surface area contributed by atoms with E-state index in [0.29, 0.717) is 6.04 Å². The highest BCUT2D eigenvalue weighted by molar-refractivity contribution is 5.66. The molecular weight excluding hydrogens is 258 g/mol. The fourth-order valence-electron chi connectivity index (χ4n) is 2.96. The first-order valence-electron chi connectivity index (χ1n) is 7.87. The molecule has 1 aliphatic rings. The molecule has 3 nitrogen and oxygen atoms in total. The maximum atomic E-state index is 4.24. The zero-order chi connectivity index (χ0) is 14.3. The monoisotopic (exact) mass is 281 g/mol. The summed E-state index contributed by atoms with van der Waals surface area (Å²) in [4.78, 5) is 0. The van der Waals surface area contributed by atoms with Crippen LogP contribution < -0.4 is 5.32 Å². The van der Waals surface area contributed by atoms with Gasteiger partial charge in [0.05, 0.1) is 0 Å². The predicted octanol–water partition coefficient (Wildman–Crippen LogP) is 3.50. The number of aryl methyl sites for hydroxylation is 1. The van der Waals surface area contributed by atoms with E-state index in [-0.39, 0.29) is 0 Å². The minimum atomic E-state index is 0.614. The Morgan fingerprint density at radius 1 is 1.14 bits per heavy atom. The first-order valence-corrected chi connectivity index (χ1v) is 7.87. The van der Waals surface area contributed by atoms with Crippen LogP contribution in [0.3, 0.4) is 0 Å². The molecule has 0 amide bonds. The smallest absolute Gasteiger partial charge is 0.0489 e. The fraction of sp³-hybridized carbons (Fsp3) is 0.389. The molecule has 0 aliphatic carbocycles. The number of benzene rings is 1. The molecule has 0 fully saturated rings. The Hall–Kier alpha value is -1.87. The number of hydrogen-bond donors (Lipinski definition) is 1. The second kappa shape index (κ2) is 7.23.